The first kappa shape index (κ1) is 12.9. The average molecular weight is 279 g/mol. The third-order valence-corrected chi connectivity index (χ3v) is 3.79. The topological polar surface area (TPSA) is 66.8 Å². The van der Waals surface area contributed by atoms with E-state index in [9.17, 15) is 14.0 Å². The fraction of sp³-hybridized carbons (Fsp3) is 0.429. The first-order chi connectivity index (χ1) is 9.54. The van der Waals surface area contributed by atoms with Crippen molar-refractivity contribution in [2.75, 3.05) is 19.7 Å². The number of benzene rings is 1. The van der Waals surface area contributed by atoms with Crippen LogP contribution in [0.5, 0.6) is 5.75 Å². The molecule has 20 heavy (non-hydrogen) atoms. The lowest BCUT2D eigenvalue weighted by Gasteiger charge is -2.15. The van der Waals surface area contributed by atoms with Crippen LogP contribution < -0.4 is 4.74 Å². The lowest BCUT2D eigenvalue weighted by atomic mass is 9.95. The van der Waals surface area contributed by atoms with Gasteiger partial charge in [-0.2, -0.15) is 0 Å². The number of carboxylic acids is 1. The summed E-state index contributed by atoms with van der Waals surface area (Å²) in [5, 5.41) is 8.75. The van der Waals surface area contributed by atoms with Gasteiger partial charge in [-0.05, 0) is 17.2 Å². The smallest absolute Gasteiger partial charge is 0.323 e. The number of fused-ring (bicyclic) bond motifs is 1. The number of amides is 1. The zero-order valence-corrected chi connectivity index (χ0v) is 10.8. The van der Waals surface area contributed by atoms with Crippen LogP contribution in [0.15, 0.2) is 12.1 Å². The number of carboxylic acid groups (broad SMARTS) is 1. The lowest BCUT2D eigenvalue weighted by Crippen LogP contribution is -2.30. The molecule has 106 valence electrons. The zero-order chi connectivity index (χ0) is 14.3. The van der Waals surface area contributed by atoms with Crippen molar-refractivity contribution in [3.8, 4) is 5.75 Å². The van der Waals surface area contributed by atoms with Crippen LogP contribution in [0.25, 0.3) is 0 Å². The molecule has 0 spiro atoms. The summed E-state index contributed by atoms with van der Waals surface area (Å²) in [6.45, 7) is 0.472. The van der Waals surface area contributed by atoms with E-state index in [-0.39, 0.29) is 37.2 Å². The van der Waals surface area contributed by atoms with E-state index in [0.717, 1.165) is 12.0 Å². The van der Waals surface area contributed by atoms with Gasteiger partial charge in [0.1, 0.15) is 18.1 Å². The van der Waals surface area contributed by atoms with Crippen LogP contribution in [0.4, 0.5) is 4.39 Å². The van der Waals surface area contributed by atoms with E-state index >= 15 is 0 Å². The first-order valence-corrected chi connectivity index (χ1v) is 6.49. The zero-order valence-electron chi connectivity index (χ0n) is 10.8. The average Bonchev–Trinajstić information content (AvgIpc) is 2.94. The number of carbonyl (C=O) groups excluding carboxylic acids is 1. The van der Waals surface area contributed by atoms with Crippen molar-refractivity contribution >= 4 is 11.9 Å². The molecule has 6 heteroatoms. The number of rotatable bonds is 3. The molecule has 1 aromatic rings. The molecule has 0 saturated carbocycles. The maximum absolute atomic E-state index is 14.1. The van der Waals surface area contributed by atoms with Gasteiger partial charge in [0.15, 0.2) is 0 Å². The Balaban J connectivity index is 1.84. The van der Waals surface area contributed by atoms with Gasteiger partial charge in [-0.3, -0.25) is 9.59 Å². The molecule has 1 saturated heterocycles. The SMILES string of the molecule is O=C(O)CN1C[C@@H](c2cc3c(cc2F)OCC3)CC1=O. The number of likely N-dealkylation sites (tertiary alicyclic amines) is 1. The van der Waals surface area contributed by atoms with Gasteiger partial charge in [-0.25, -0.2) is 4.39 Å². The summed E-state index contributed by atoms with van der Waals surface area (Å²) in [4.78, 5) is 23.7. The number of aliphatic carboxylic acids is 1. The Morgan fingerprint density at radius 3 is 3.05 bits per heavy atom. The third-order valence-electron chi connectivity index (χ3n) is 3.79. The van der Waals surface area contributed by atoms with Gasteiger partial charge in [0.2, 0.25) is 5.91 Å². The summed E-state index contributed by atoms with van der Waals surface area (Å²) in [6.07, 6.45) is 0.895. The van der Waals surface area contributed by atoms with Gasteiger partial charge >= 0.3 is 5.97 Å². The summed E-state index contributed by atoms with van der Waals surface area (Å²) in [5.74, 6) is -1.40. The molecule has 3 rings (SSSR count). The van der Waals surface area contributed by atoms with E-state index in [1.54, 1.807) is 6.07 Å². The molecule has 0 aromatic heterocycles. The highest BCUT2D eigenvalue weighted by Gasteiger charge is 2.34. The normalized spacial score (nSPS) is 20.9. The highest BCUT2D eigenvalue weighted by atomic mass is 19.1. The van der Waals surface area contributed by atoms with Crippen molar-refractivity contribution in [3.63, 3.8) is 0 Å². The molecule has 0 unspecified atom stereocenters. The predicted molar refractivity (Wildman–Crippen MR) is 67.2 cm³/mol. The summed E-state index contributed by atoms with van der Waals surface area (Å²) in [7, 11) is 0. The van der Waals surface area contributed by atoms with Gasteiger partial charge in [-0.1, -0.05) is 0 Å². The van der Waals surface area contributed by atoms with Crippen LogP contribution in [-0.2, 0) is 16.0 Å². The molecule has 1 atom stereocenters. The van der Waals surface area contributed by atoms with Crippen LogP contribution in [0.3, 0.4) is 0 Å². The molecular weight excluding hydrogens is 265 g/mol. The summed E-state index contributed by atoms with van der Waals surface area (Å²) in [6, 6.07) is 3.11. The molecule has 1 N–H and O–H groups in total. The Morgan fingerprint density at radius 1 is 1.50 bits per heavy atom. The van der Waals surface area contributed by atoms with Crippen molar-refractivity contribution in [3.05, 3.63) is 29.1 Å². The Hall–Kier alpha value is -2.11. The molecule has 2 heterocycles. The first-order valence-electron chi connectivity index (χ1n) is 6.49. The minimum Gasteiger partial charge on any atom is -0.493 e. The Morgan fingerprint density at radius 2 is 2.30 bits per heavy atom. The molecule has 2 aliphatic heterocycles. The quantitative estimate of drug-likeness (QED) is 0.901. The Kier molecular flexibility index (Phi) is 3.08. The second kappa shape index (κ2) is 4.77. The summed E-state index contributed by atoms with van der Waals surface area (Å²) in [5.41, 5.74) is 1.43. The van der Waals surface area contributed by atoms with Crippen LogP contribution in [0.1, 0.15) is 23.5 Å². The number of carbonyl (C=O) groups is 2. The van der Waals surface area contributed by atoms with Gasteiger partial charge < -0.3 is 14.7 Å². The highest BCUT2D eigenvalue weighted by Crippen LogP contribution is 2.35. The molecule has 5 nitrogen and oxygen atoms in total. The van der Waals surface area contributed by atoms with Crippen molar-refractivity contribution in [1.82, 2.24) is 4.90 Å². The fourth-order valence-electron chi connectivity index (χ4n) is 2.83. The molecule has 1 amide bonds. The van der Waals surface area contributed by atoms with Crippen molar-refractivity contribution in [1.29, 1.82) is 0 Å². The van der Waals surface area contributed by atoms with Crippen molar-refractivity contribution in [2.24, 2.45) is 0 Å². The maximum Gasteiger partial charge on any atom is 0.323 e. The van der Waals surface area contributed by atoms with E-state index in [4.69, 9.17) is 9.84 Å². The molecular formula is C14H14FNO4. The Bertz CT molecular complexity index is 587. The van der Waals surface area contributed by atoms with E-state index in [2.05, 4.69) is 0 Å². The van der Waals surface area contributed by atoms with Crippen molar-refractivity contribution < 1.29 is 23.8 Å². The standard InChI is InChI=1S/C14H14FNO4/c15-11-5-12-8(1-2-20-12)3-10(11)9-4-13(17)16(6-9)7-14(18)19/h3,5,9H,1-2,4,6-7H2,(H,18,19)/t9-/m0/s1. The summed E-state index contributed by atoms with van der Waals surface area (Å²) < 4.78 is 19.4. The van der Waals surface area contributed by atoms with Crippen LogP contribution in [0.2, 0.25) is 0 Å². The summed E-state index contributed by atoms with van der Waals surface area (Å²) >= 11 is 0. The minimum absolute atomic E-state index is 0.157. The number of nitrogens with zero attached hydrogens (tertiary/aromatic N) is 1. The second-order valence-electron chi connectivity index (χ2n) is 5.15. The fourth-order valence-corrected chi connectivity index (χ4v) is 2.83. The van der Waals surface area contributed by atoms with E-state index < -0.39 is 5.97 Å². The number of hydrogen-bond donors (Lipinski definition) is 1. The molecule has 2 aliphatic rings. The molecule has 0 radical (unpaired) electrons. The lowest BCUT2D eigenvalue weighted by molar-refractivity contribution is -0.142. The van der Waals surface area contributed by atoms with Crippen LogP contribution in [-0.4, -0.2) is 41.6 Å². The number of hydrogen-bond acceptors (Lipinski definition) is 3. The number of ether oxygens (including phenoxy) is 1. The minimum atomic E-state index is -1.05. The molecule has 1 aromatic carbocycles. The largest absolute Gasteiger partial charge is 0.493 e. The maximum atomic E-state index is 14.1. The molecule has 0 aliphatic carbocycles. The van der Waals surface area contributed by atoms with E-state index in [1.807, 2.05) is 0 Å². The predicted octanol–water partition coefficient (Wildman–Crippen LogP) is 1.16. The molecule has 0 bridgehead atoms. The third kappa shape index (κ3) is 2.21. The van der Waals surface area contributed by atoms with E-state index in [0.29, 0.717) is 17.9 Å². The molecule has 1 fully saturated rings. The Labute approximate surface area is 114 Å². The monoisotopic (exact) mass is 279 g/mol. The van der Waals surface area contributed by atoms with Gasteiger partial charge in [-0.15, -0.1) is 0 Å². The van der Waals surface area contributed by atoms with Gasteiger partial charge in [0, 0.05) is 31.4 Å². The second-order valence-corrected chi connectivity index (χ2v) is 5.15. The van der Waals surface area contributed by atoms with E-state index in [1.165, 1.54) is 11.0 Å². The van der Waals surface area contributed by atoms with Gasteiger partial charge in [0.25, 0.3) is 0 Å². The van der Waals surface area contributed by atoms with Crippen LogP contribution in [0, 0.1) is 5.82 Å². The highest BCUT2D eigenvalue weighted by molar-refractivity contribution is 5.84. The van der Waals surface area contributed by atoms with Gasteiger partial charge in [0.05, 0.1) is 6.61 Å². The number of halogens is 1. The van der Waals surface area contributed by atoms with Crippen molar-refractivity contribution in [2.45, 2.75) is 18.8 Å². The van der Waals surface area contributed by atoms with Crippen LogP contribution >= 0.6 is 0 Å².